The summed E-state index contributed by atoms with van der Waals surface area (Å²) < 4.78 is 0. The van der Waals surface area contributed by atoms with Crippen LogP contribution < -0.4 is 11.1 Å². The Bertz CT molecular complexity index is 459. The minimum Gasteiger partial charge on any atom is -0.409 e. The molecular weight excluding hydrogens is 254 g/mol. The molecule has 5 N–H and O–H groups in total. The summed E-state index contributed by atoms with van der Waals surface area (Å²) in [5, 5.41) is 24.6. The van der Waals surface area contributed by atoms with Gasteiger partial charge in [0, 0.05) is 23.2 Å². The van der Waals surface area contributed by atoms with Gasteiger partial charge in [-0.05, 0) is 24.5 Å². The molecule has 0 atom stereocenters. The standard InChI is InChI=1S/C12H16ClN3O2/c13-11-3-7(12(14)16-18)1-2-8(11)6-15-9-4-10(17)5-9/h1-3,9-10,15,17-18H,4-6H2,(H2,14,16). The first kappa shape index (κ1) is 13.1. The van der Waals surface area contributed by atoms with Gasteiger partial charge in [-0.2, -0.15) is 0 Å². The third kappa shape index (κ3) is 2.93. The highest BCUT2D eigenvalue weighted by Gasteiger charge is 2.26. The van der Waals surface area contributed by atoms with E-state index in [9.17, 15) is 5.11 Å². The molecule has 1 aliphatic carbocycles. The van der Waals surface area contributed by atoms with Crippen molar-refractivity contribution >= 4 is 17.4 Å². The molecule has 2 rings (SSSR count). The lowest BCUT2D eigenvalue weighted by atomic mass is 9.89. The number of nitrogens with zero attached hydrogens (tertiary/aromatic N) is 1. The van der Waals surface area contributed by atoms with Crippen LogP contribution in [-0.4, -0.2) is 28.3 Å². The van der Waals surface area contributed by atoms with Gasteiger partial charge in [0.25, 0.3) is 0 Å². The van der Waals surface area contributed by atoms with E-state index < -0.39 is 0 Å². The minimum absolute atomic E-state index is 0.0403. The first-order chi connectivity index (χ1) is 8.60. The number of aliphatic hydroxyl groups excluding tert-OH is 1. The number of rotatable bonds is 4. The Hall–Kier alpha value is -1.30. The third-order valence-electron chi connectivity index (χ3n) is 3.15. The molecular formula is C12H16ClN3O2. The monoisotopic (exact) mass is 269 g/mol. The number of aliphatic hydroxyl groups is 1. The van der Waals surface area contributed by atoms with Crippen LogP contribution in [0.3, 0.4) is 0 Å². The molecule has 0 aromatic heterocycles. The molecule has 6 heteroatoms. The molecule has 1 aromatic rings. The van der Waals surface area contributed by atoms with Crippen LogP contribution in [0.15, 0.2) is 23.4 Å². The van der Waals surface area contributed by atoms with E-state index in [2.05, 4.69) is 10.5 Å². The number of amidine groups is 1. The first-order valence-corrected chi connectivity index (χ1v) is 6.15. The van der Waals surface area contributed by atoms with Crippen molar-refractivity contribution in [2.75, 3.05) is 0 Å². The van der Waals surface area contributed by atoms with Crippen LogP contribution >= 0.6 is 11.6 Å². The van der Waals surface area contributed by atoms with E-state index in [1.807, 2.05) is 6.07 Å². The van der Waals surface area contributed by atoms with Crippen molar-refractivity contribution in [3.8, 4) is 0 Å². The quantitative estimate of drug-likeness (QED) is 0.285. The van der Waals surface area contributed by atoms with E-state index >= 15 is 0 Å². The number of nitrogens with two attached hydrogens (primary N) is 1. The second-order valence-corrected chi connectivity index (χ2v) is 4.90. The van der Waals surface area contributed by atoms with Crippen molar-refractivity contribution in [2.45, 2.75) is 31.5 Å². The Morgan fingerprint density at radius 1 is 1.50 bits per heavy atom. The van der Waals surface area contributed by atoms with Crippen LogP contribution in [0.5, 0.6) is 0 Å². The maximum Gasteiger partial charge on any atom is 0.170 e. The van der Waals surface area contributed by atoms with Gasteiger partial charge in [0.2, 0.25) is 0 Å². The van der Waals surface area contributed by atoms with Crippen LogP contribution in [0.25, 0.3) is 0 Å². The van der Waals surface area contributed by atoms with Gasteiger partial charge >= 0.3 is 0 Å². The molecule has 0 saturated heterocycles. The van der Waals surface area contributed by atoms with Crippen LogP contribution in [0.4, 0.5) is 0 Å². The van der Waals surface area contributed by atoms with Crippen LogP contribution in [-0.2, 0) is 6.54 Å². The van der Waals surface area contributed by atoms with E-state index in [1.165, 1.54) is 0 Å². The minimum atomic E-state index is -0.166. The molecule has 5 nitrogen and oxygen atoms in total. The van der Waals surface area contributed by atoms with Crippen molar-refractivity contribution < 1.29 is 10.3 Å². The third-order valence-corrected chi connectivity index (χ3v) is 3.50. The predicted octanol–water partition coefficient (Wildman–Crippen LogP) is 1.05. The molecule has 1 aromatic carbocycles. The number of nitrogens with one attached hydrogen (secondary N) is 1. The number of halogens is 1. The fourth-order valence-corrected chi connectivity index (χ4v) is 2.16. The SMILES string of the molecule is N/C(=N/O)c1ccc(CNC2CC(O)C2)c(Cl)c1. The topological polar surface area (TPSA) is 90.9 Å². The largest absolute Gasteiger partial charge is 0.409 e. The Morgan fingerprint density at radius 2 is 2.22 bits per heavy atom. The molecule has 1 aliphatic rings. The number of benzene rings is 1. The lowest BCUT2D eigenvalue weighted by Gasteiger charge is -2.32. The summed E-state index contributed by atoms with van der Waals surface area (Å²) in [6.45, 7) is 0.646. The van der Waals surface area contributed by atoms with Gasteiger partial charge in [0.15, 0.2) is 5.84 Å². The van der Waals surface area contributed by atoms with Gasteiger partial charge in [-0.3, -0.25) is 0 Å². The highest BCUT2D eigenvalue weighted by molar-refractivity contribution is 6.31. The molecule has 0 bridgehead atoms. The van der Waals surface area contributed by atoms with Gasteiger partial charge in [-0.25, -0.2) is 0 Å². The average molecular weight is 270 g/mol. The van der Waals surface area contributed by atoms with Crippen molar-refractivity contribution in [3.63, 3.8) is 0 Å². The second kappa shape index (κ2) is 5.56. The Morgan fingerprint density at radius 3 is 2.78 bits per heavy atom. The summed E-state index contributed by atoms with van der Waals surface area (Å²) in [6.07, 6.45) is 1.42. The first-order valence-electron chi connectivity index (χ1n) is 5.78. The smallest absolute Gasteiger partial charge is 0.170 e. The lowest BCUT2D eigenvalue weighted by Crippen LogP contribution is -2.43. The molecule has 0 spiro atoms. The molecule has 0 unspecified atom stereocenters. The lowest BCUT2D eigenvalue weighted by molar-refractivity contribution is 0.0619. The van der Waals surface area contributed by atoms with Crippen LogP contribution in [0.2, 0.25) is 5.02 Å². The summed E-state index contributed by atoms with van der Waals surface area (Å²) in [5.74, 6) is 0.0403. The summed E-state index contributed by atoms with van der Waals surface area (Å²) >= 11 is 6.12. The second-order valence-electron chi connectivity index (χ2n) is 4.49. The predicted molar refractivity (Wildman–Crippen MR) is 69.8 cm³/mol. The molecule has 1 fully saturated rings. The molecule has 1 saturated carbocycles. The zero-order chi connectivity index (χ0) is 13.1. The zero-order valence-corrected chi connectivity index (χ0v) is 10.6. The van der Waals surface area contributed by atoms with E-state index in [0.29, 0.717) is 23.2 Å². The Labute approximate surface area is 110 Å². The summed E-state index contributed by atoms with van der Waals surface area (Å²) in [4.78, 5) is 0. The Balaban J connectivity index is 1.97. The average Bonchev–Trinajstić information content (AvgIpc) is 2.33. The number of hydrogen-bond acceptors (Lipinski definition) is 4. The molecule has 18 heavy (non-hydrogen) atoms. The molecule has 0 aliphatic heterocycles. The van der Waals surface area contributed by atoms with Gasteiger partial charge < -0.3 is 21.4 Å². The summed E-state index contributed by atoms with van der Waals surface area (Å²) in [7, 11) is 0. The van der Waals surface area contributed by atoms with E-state index in [1.54, 1.807) is 12.1 Å². The van der Waals surface area contributed by atoms with Gasteiger partial charge in [0.1, 0.15) is 0 Å². The molecule has 0 radical (unpaired) electrons. The van der Waals surface area contributed by atoms with Gasteiger partial charge in [-0.15, -0.1) is 0 Å². The van der Waals surface area contributed by atoms with E-state index in [0.717, 1.165) is 18.4 Å². The van der Waals surface area contributed by atoms with Crippen molar-refractivity contribution in [3.05, 3.63) is 34.3 Å². The van der Waals surface area contributed by atoms with Crippen LogP contribution in [0, 0.1) is 0 Å². The summed E-state index contributed by atoms with van der Waals surface area (Å²) in [5.41, 5.74) is 7.02. The fourth-order valence-electron chi connectivity index (χ4n) is 1.92. The van der Waals surface area contributed by atoms with Gasteiger partial charge in [-0.1, -0.05) is 28.9 Å². The van der Waals surface area contributed by atoms with E-state index in [-0.39, 0.29) is 11.9 Å². The zero-order valence-electron chi connectivity index (χ0n) is 9.81. The highest BCUT2D eigenvalue weighted by Crippen LogP contribution is 2.22. The van der Waals surface area contributed by atoms with Crippen molar-refractivity contribution in [1.82, 2.24) is 5.32 Å². The maximum atomic E-state index is 9.18. The van der Waals surface area contributed by atoms with E-state index in [4.69, 9.17) is 22.5 Å². The molecule has 0 heterocycles. The number of hydrogen-bond donors (Lipinski definition) is 4. The maximum absolute atomic E-state index is 9.18. The molecule has 98 valence electrons. The normalized spacial score (nSPS) is 23.8. The van der Waals surface area contributed by atoms with Crippen molar-refractivity contribution in [2.24, 2.45) is 10.9 Å². The summed E-state index contributed by atoms with van der Waals surface area (Å²) in [6, 6.07) is 5.63. The molecule has 0 amide bonds. The van der Waals surface area contributed by atoms with Gasteiger partial charge in [0.05, 0.1) is 6.10 Å². The highest BCUT2D eigenvalue weighted by atomic mass is 35.5. The van der Waals surface area contributed by atoms with Crippen molar-refractivity contribution in [1.29, 1.82) is 0 Å². The number of oxime groups is 1. The Kier molecular flexibility index (Phi) is 4.06. The van der Waals surface area contributed by atoms with Crippen LogP contribution in [0.1, 0.15) is 24.0 Å². The fraction of sp³-hybridized carbons (Fsp3) is 0.417.